The lowest BCUT2D eigenvalue weighted by atomic mass is 10.0. The van der Waals surface area contributed by atoms with Crippen LogP contribution in [0.25, 0.3) is 0 Å². The molecule has 0 radical (unpaired) electrons. The lowest BCUT2D eigenvalue weighted by Gasteiger charge is -2.33. The lowest BCUT2D eigenvalue weighted by Crippen LogP contribution is -2.52. The van der Waals surface area contributed by atoms with Crippen LogP contribution in [-0.2, 0) is 32.6 Å². The number of para-hydroxylation sites is 1. The van der Waals surface area contributed by atoms with E-state index in [-0.39, 0.29) is 18.9 Å². The number of anilines is 1. The maximum absolute atomic E-state index is 13.8. The Morgan fingerprint density at radius 1 is 0.886 bits per heavy atom. The minimum Gasteiger partial charge on any atom is -0.357 e. The number of likely N-dealkylation sites (N-methyl/N-ethyl adjacent to an activating group) is 1. The van der Waals surface area contributed by atoms with Crippen molar-refractivity contribution in [3.05, 3.63) is 101 Å². The topological polar surface area (TPSA) is 86.8 Å². The Morgan fingerprint density at radius 2 is 1.43 bits per heavy atom. The van der Waals surface area contributed by atoms with Gasteiger partial charge in [0, 0.05) is 24.5 Å². The van der Waals surface area contributed by atoms with Gasteiger partial charge in [-0.2, -0.15) is 0 Å². The second-order valence-corrected chi connectivity index (χ2v) is 10.8. The highest BCUT2D eigenvalue weighted by Gasteiger charge is 2.32. The van der Waals surface area contributed by atoms with Crippen LogP contribution in [-0.4, -0.2) is 51.0 Å². The van der Waals surface area contributed by atoms with Crippen molar-refractivity contribution in [3.8, 4) is 0 Å². The van der Waals surface area contributed by atoms with Crippen molar-refractivity contribution in [1.82, 2.24) is 10.2 Å². The van der Waals surface area contributed by atoms with Gasteiger partial charge in [-0.3, -0.25) is 13.9 Å². The summed E-state index contributed by atoms with van der Waals surface area (Å²) in [6.07, 6.45) is 1.34. The van der Waals surface area contributed by atoms with E-state index < -0.39 is 28.5 Å². The van der Waals surface area contributed by atoms with Gasteiger partial charge in [0.15, 0.2) is 0 Å². The third kappa shape index (κ3) is 7.16. The van der Waals surface area contributed by atoms with Crippen LogP contribution in [0.5, 0.6) is 0 Å². The summed E-state index contributed by atoms with van der Waals surface area (Å²) in [7, 11) is -2.27. The van der Waals surface area contributed by atoms with Crippen LogP contribution in [0.1, 0.15) is 11.1 Å². The van der Waals surface area contributed by atoms with E-state index in [4.69, 9.17) is 0 Å². The minimum absolute atomic E-state index is 0.151. The van der Waals surface area contributed by atoms with Crippen LogP contribution >= 0.6 is 15.9 Å². The molecule has 0 aliphatic rings. The van der Waals surface area contributed by atoms with E-state index in [0.29, 0.717) is 10.2 Å². The molecule has 0 aromatic heterocycles. The fraction of sp³-hybridized carbons (Fsp3) is 0.231. The Bertz CT molecular complexity index is 1250. The highest BCUT2D eigenvalue weighted by atomic mass is 79.9. The summed E-state index contributed by atoms with van der Waals surface area (Å²) in [4.78, 5) is 28.2. The summed E-state index contributed by atoms with van der Waals surface area (Å²) in [5.41, 5.74) is 2.06. The van der Waals surface area contributed by atoms with Gasteiger partial charge < -0.3 is 10.2 Å². The predicted octanol–water partition coefficient (Wildman–Crippen LogP) is 3.60. The molecular formula is C26H28BrN3O4S. The van der Waals surface area contributed by atoms with Crippen molar-refractivity contribution in [1.29, 1.82) is 0 Å². The molecule has 0 heterocycles. The van der Waals surface area contributed by atoms with Crippen LogP contribution in [0.2, 0.25) is 0 Å². The maximum atomic E-state index is 13.8. The summed E-state index contributed by atoms with van der Waals surface area (Å²) < 4.78 is 27.0. The Balaban J connectivity index is 2.01. The van der Waals surface area contributed by atoms with Gasteiger partial charge in [-0.1, -0.05) is 72.8 Å². The van der Waals surface area contributed by atoms with E-state index in [1.54, 1.807) is 24.3 Å². The molecule has 3 aromatic carbocycles. The van der Waals surface area contributed by atoms with Crippen molar-refractivity contribution in [2.24, 2.45) is 0 Å². The number of sulfonamides is 1. The summed E-state index contributed by atoms with van der Waals surface area (Å²) >= 11 is 3.38. The van der Waals surface area contributed by atoms with Crippen molar-refractivity contribution in [3.63, 3.8) is 0 Å². The van der Waals surface area contributed by atoms with Crippen molar-refractivity contribution in [2.45, 2.75) is 19.0 Å². The summed E-state index contributed by atoms with van der Waals surface area (Å²) in [5, 5.41) is 2.66. The van der Waals surface area contributed by atoms with Gasteiger partial charge in [0.05, 0.1) is 11.9 Å². The molecule has 0 aliphatic carbocycles. The third-order valence-corrected chi connectivity index (χ3v) is 7.31. The van der Waals surface area contributed by atoms with E-state index in [2.05, 4.69) is 21.2 Å². The summed E-state index contributed by atoms with van der Waals surface area (Å²) in [6, 6.07) is 24.7. The molecule has 0 bridgehead atoms. The molecule has 1 atom stereocenters. The monoisotopic (exact) mass is 557 g/mol. The van der Waals surface area contributed by atoms with Gasteiger partial charge in [0.25, 0.3) is 0 Å². The zero-order chi connectivity index (χ0) is 25.4. The van der Waals surface area contributed by atoms with Crippen LogP contribution in [0.4, 0.5) is 5.69 Å². The molecule has 0 aliphatic heterocycles. The number of nitrogens with one attached hydrogen (secondary N) is 1. The second kappa shape index (κ2) is 12.0. The number of carbonyl (C=O) groups is 2. The maximum Gasteiger partial charge on any atom is 0.244 e. The number of carbonyl (C=O) groups excluding carboxylic acids is 2. The molecule has 0 spiro atoms. The summed E-state index contributed by atoms with van der Waals surface area (Å²) in [5.74, 6) is -0.815. The quantitative estimate of drug-likeness (QED) is 0.412. The first kappa shape index (κ1) is 26.4. The number of benzene rings is 3. The van der Waals surface area contributed by atoms with Crippen molar-refractivity contribution >= 4 is 43.5 Å². The fourth-order valence-electron chi connectivity index (χ4n) is 3.75. The Hall–Kier alpha value is -3.17. The van der Waals surface area contributed by atoms with Gasteiger partial charge in [0.1, 0.15) is 12.6 Å². The minimum atomic E-state index is -3.80. The highest BCUT2D eigenvalue weighted by Crippen LogP contribution is 2.28. The number of nitrogens with zero attached hydrogens (tertiary/aromatic N) is 2. The molecule has 7 nitrogen and oxygen atoms in total. The molecule has 0 saturated heterocycles. The van der Waals surface area contributed by atoms with Gasteiger partial charge in [0.2, 0.25) is 21.8 Å². The Labute approximate surface area is 214 Å². The number of rotatable bonds is 10. The SMILES string of the molecule is CNC(=O)C(Cc1ccccc1)N(Cc1ccccc1)C(=O)CN(c1ccccc1Br)S(C)(=O)=O. The molecule has 0 fully saturated rings. The van der Waals surface area contributed by atoms with E-state index >= 15 is 0 Å². The van der Waals surface area contributed by atoms with E-state index in [9.17, 15) is 18.0 Å². The molecule has 1 unspecified atom stereocenters. The van der Waals surface area contributed by atoms with Crippen molar-refractivity contribution in [2.75, 3.05) is 24.2 Å². The molecule has 3 rings (SSSR count). The van der Waals surface area contributed by atoms with Crippen LogP contribution in [0, 0.1) is 0 Å². The molecule has 3 aromatic rings. The molecule has 2 amide bonds. The molecule has 9 heteroatoms. The first-order valence-corrected chi connectivity index (χ1v) is 13.7. The Kier molecular flexibility index (Phi) is 9.06. The largest absolute Gasteiger partial charge is 0.357 e. The van der Waals surface area contributed by atoms with Gasteiger partial charge in [-0.15, -0.1) is 0 Å². The average molecular weight is 558 g/mol. The highest BCUT2D eigenvalue weighted by molar-refractivity contribution is 9.10. The standard InChI is InChI=1S/C26H28BrN3O4S/c1-28-26(32)24(17-20-11-5-3-6-12-20)29(18-21-13-7-4-8-14-21)25(31)19-30(35(2,33)34)23-16-10-9-15-22(23)27/h3-16,24H,17-19H2,1-2H3,(H,28,32). The lowest BCUT2D eigenvalue weighted by molar-refractivity contribution is -0.139. The molecule has 184 valence electrons. The Morgan fingerprint density at radius 3 is 1.97 bits per heavy atom. The van der Waals surface area contributed by atoms with E-state index in [0.717, 1.165) is 21.7 Å². The predicted molar refractivity (Wildman–Crippen MR) is 141 cm³/mol. The third-order valence-electron chi connectivity index (χ3n) is 5.51. The van der Waals surface area contributed by atoms with Gasteiger partial charge in [-0.25, -0.2) is 8.42 Å². The normalized spacial score (nSPS) is 12.0. The zero-order valence-corrected chi connectivity index (χ0v) is 22.0. The average Bonchev–Trinajstić information content (AvgIpc) is 2.85. The smallest absolute Gasteiger partial charge is 0.244 e. The fourth-order valence-corrected chi connectivity index (χ4v) is 5.23. The first-order chi connectivity index (χ1) is 16.7. The van der Waals surface area contributed by atoms with Crippen LogP contribution in [0.15, 0.2) is 89.4 Å². The van der Waals surface area contributed by atoms with Crippen LogP contribution in [0.3, 0.4) is 0 Å². The number of halogens is 1. The van der Waals surface area contributed by atoms with Gasteiger partial charge in [-0.05, 0) is 39.2 Å². The van der Waals surface area contributed by atoms with Gasteiger partial charge >= 0.3 is 0 Å². The van der Waals surface area contributed by atoms with Crippen molar-refractivity contribution < 1.29 is 18.0 Å². The molecule has 1 N–H and O–H groups in total. The second-order valence-electron chi connectivity index (χ2n) is 8.05. The van der Waals surface area contributed by atoms with Crippen LogP contribution < -0.4 is 9.62 Å². The molecular weight excluding hydrogens is 530 g/mol. The molecule has 0 saturated carbocycles. The van der Waals surface area contributed by atoms with E-state index in [1.165, 1.54) is 11.9 Å². The summed E-state index contributed by atoms with van der Waals surface area (Å²) in [6.45, 7) is -0.297. The number of amides is 2. The zero-order valence-electron chi connectivity index (χ0n) is 19.6. The number of hydrogen-bond donors (Lipinski definition) is 1. The molecule has 35 heavy (non-hydrogen) atoms. The van der Waals surface area contributed by atoms with E-state index in [1.807, 2.05) is 60.7 Å². The number of hydrogen-bond acceptors (Lipinski definition) is 4. The first-order valence-electron chi connectivity index (χ1n) is 11.0.